The van der Waals surface area contributed by atoms with Crippen molar-refractivity contribution in [1.82, 2.24) is 9.88 Å². The number of hydrogen-bond acceptors (Lipinski definition) is 2. The Kier molecular flexibility index (Phi) is 2.58. The van der Waals surface area contributed by atoms with Crippen LogP contribution in [-0.4, -0.2) is 34.7 Å². The van der Waals surface area contributed by atoms with Crippen LogP contribution in [0.25, 0.3) is 0 Å². The molecule has 1 aromatic rings. The normalized spacial score (nSPS) is 19.9. The minimum Gasteiger partial charge on any atom is -0.367 e. The average Bonchev–Trinajstić information content (AvgIpc) is 2.74. The molecule has 0 atom stereocenters. The van der Waals surface area contributed by atoms with Gasteiger partial charge in [-0.15, -0.1) is 0 Å². The third-order valence-corrected chi connectivity index (χ3v) is 3.08. The molecule has 1 N–H and O–H groups in total. The number of aromatic nitrogens is 1. The van der Waals surface area contributed by atoms with Gasteiger partial charge in [-0.05, 0) is 6.07 Å². The highest BCUT2D eigenvalue weighted by molar-refractivity contribution is 5.96. The SMILES string of the molecule is CC1(C)CN(C(=O)c2cc[nH]c2)CCC1=O. The van der Waals surface area contributed by atoms with E-state index in [1.807, 2.05) is 13.8 Å². The summed E-state index contributed by atoms with van der Waals surface area (Å²) in [5, 5.41) is 0. The Labute approximate surface area is 94.6 Å². The number of H-pyrrole nitrogens is 1. The molecule has 0 unspecified atom stereocenters. The highest BCUT2D eigenvalue weighted by atomic mass is 16.2. The Morgan fingerprint density at radius 3 is 2.81 bits per heavy atom. The molecular weight excluding hydrogens is 204 g/mol. The van der Waals surface area contributed by atoms with Gasteiger partial charge in [0.1, 0.15) is 5.78 Å². The van der Waals surface area contributed by atoms with E-state index in [2.05, 4.69) is 4.98 Å². The van der Waals surface area contributed by atoms with Crippen molar-refractivity contribution in [3.05, 3.63) is 24.0 Å². The molecule has 1 aliphatic rings. The highest BCUT2D eigenvalue weighted by Crippen LogP contribution is 2.26. The van der Waals surface area contributed by atoms with E-state index < -0.39 is 5.41 Å². The number of aromatic amines is 1. The van der Waals surface area contributed by atoms with Gasteiger partial charge in [0.15, 0.2) is 0 Å². The number of nitrogens with one attached hydrogen (secondary N) is 1. The van der Waals surface area contributed by atoms with Gasteiger partial charge < -0.3 is 9.88 Å². The van der Waals surface area contributed by atoms with Gasteiger partial charge >= 0.3 is 0 Å². The molecule has 0 spiro atoms. The maximum Gasteiger partial charge on any atom is 0.255 e. The van der Waals surface area contributed by atoms with E-state index in [1.54, 1.807) is 23.4 Å². The van der Waals surface area contributed by atoms with E-state index in [4.69, 9.17) is 0 Å². The summed E-state index contributed by atoms with van der Waals surface area (Å²) in [5.41, 5.74) is 0.245. The van der Waals surface area contributed by atoms with Crippen molar-refractivity contribution >= 4 is 11.7 Å². The number of nitrogens with zero attached hydrogens (tertiary/aromatic N) is 1. The molecule has 1 fully saturated rings. The van der Waals surface area contributed by atoms with Crippen LogP contribution in [0.4, 0.5) is 0 Å². The molecule has 0 aliphatic carbocycles. The third kappa shape index (κ3) is 1.87. The molecule has 4 heteroatoms. The summed E-state index contributed by atoms with van der Waals surface area (Å²) in [4.78, 5) is 28.3. The maximum atomic E-state index is 12.0. The smallest absolute Gasteiger partial charge is 0.255 e. The van der Waals surface area contributed by atoms with E-state index in [-0.39, 0.29) is 11.7 Å². The van der Waals surface area contributed by atoms with E-state index in [0.717, 1.165) is 0 Å². The number of carbonyl (C=O) groups is 2. The van der Waals surface area contributed by atoms with Crippen LogP contribution < -0.4 is 0 Å². The fourth-order valence-corrected chi connectivity index (χ4v) is 2.03. The van der Waals surface area contributed by atoms with Crippen LogP contribution >= 0.6 is 0 Å². The van der Waals surface area contributed by atoms with Crippen molar-refractivity contribution in [3.63, 3.8) is 0 Å². The predicted octanol–water partition coefficient (Wildman–Crippen LogP) is 1.46. The standard InChI is InChI=1S/C12H16N2O2/c1-12(2)8-14(6-4-10(12)15)11(16)9-3-5-13-7-9/h3,5,7,13H,4,6,8H2,1-2H3. The van der Waals surface area contributed by atoms with Crippen LogP contribution in [0.1, 0.15) is 30.6 Å². The first-order valence-corrected chi connectivity index (χ1v) is 5.46. The van der Waals surface area contributed by atoms with E-state index >= 15 is 0 Å². The minimum atomic E-state index is -0.412. The van der Waals surface area contributed by atoms with Gasteiger partial charge in [-0.2, -0.15) is 0 Å². The number of carbonyl (C=O) groups excluding carboxylic acids is 2. The first-order chi connectivity index (χ1) is 7.50. The summed E-state index contributed by atoms with van der Waals surface area (Å²) >= 11 is 0. The Morgan fingerprint density at radius 1 is 1.50 bits per heavy atom. The summed E-state index contributed by atoms with van der Waals surface area (Å²) < 4.78 is 0. The largest absolute Gasteiger partial charge is 0.367 e. The lowest BCUT2D eigenvalue weighted by Gasteiger charge is -2.36. The van der Waals surface area contributed by atoms with Gasteiger partial charge in [-0.3, -0.25) is 9.59 Å². The summed E-state index contributed by atoms with van der Waals surface area (Å²) in [6, 6.07) is 1.76. The van der Waals surface area contributed by atoms with E-state index in [0.29, 0.717) is 25.1 Å². The number of ketones is 1. The molecule has 4 nitrogen and oxygen atoms in total. The van der Waals surface area contributed by atoms with Crippen molar-refractivity contribution in [3.8, 4) is 0 Å². The number of piperidine rings is 1. The lowest BCUT2D eigenvalue weighted by molar-refractivity contribution is -0.130. The topological polar surface area (TPSA) is 53.2 Å². The molecule has 0 bridgehead atoms. The molecule has 2 rings (SSSR count). The molecule has 1 saturated heterocycles. The third-order valence-electron chi connectivity index (χ3n) is 3.08. The Morgan fingerprint density at radius 2 is 2.25 bits per heavy atom. The molecule has 1 aromatic heterocycles. The van der Waals surface area contributed by atoms with Crippen LogP contribution in [0.15, 0.2) is 18.5 Å². The predicted molar refractivity (Wildman–Crippen MR) is 60.1 cm³/mol. The quantitative estimate of drug-likeness (QED) is 0.779. The second kappa shape index (κ2) is 3.77. The van der Waals surface area contributed by atoms with Crippen molar-refractivity contribution in [1.29, 1.82) is 0 Å². The van der Waals surface area contributed by atoms with Gasteiger partial charge in [0.25, 0.3) is 5.91 Å². The maximum absolute atomic E-state index is 12.0. The number of likely N-dealkylation sites (tertiary alicyclic amines) is 1. The zero-order valence-corrected chi connectivity index (χ0v) is 9.62. The van der Waals surface area contributed by atoms with Crippen molar-refractivity contribution in [2.24, 2.45) is 5.41 Å². The van der Waals surface area contributed by atoms with E-state index in [9.17, 15) is 9.59 Å². The zero-order chi connectivity index (χ0) is 11.8. The number of hydrogen-bond donors (Lipinski definition) is 1. The second-order valence-electron chi connectivity index (χ2n) is 4.88. The molecular formula is C12H16N2O2. The second-order valence-corrected chi connectivity index (χ2v) is 4.88. The van der Waals surface area contributed by atoms with Crippen LogP contribution in [0.5, 0.6) is 0 Å². The Bertz CT molecular complexity index is 407. The van der Waals surface area contributed by atoms with Crippen molar-refractivity contribution in [2.45, 2.75) is 20.3 Å². The summed E-state index contributed by atoms with van der Waals surface area (Å²) in [7, 11) is 0. The molecule has 1 amide bonds. The molecule has 0 radical (unpaired) electrons. The number of amides is 1. The monoisotopic (exact) mass is 220 g/mol. The fourth-order valence-electron chi connectivity index (χ4n) is 2.03. The van der Waals surface area contributed by atoms with Crippen LogP contribution in [0.3, 0.4) is 0 Å². The van der Waals surface area contributed by atoms with Gasteiger partial charge in [-0.1, -0.05) is 13.8 Å². The minimum absolute atomic E-state index is 0.00169. The Balaban J connectivity index is 2.13. The van der Waals surface area contributed by atoms with Crippen LogP contribution in [0, 0.1) is 5.41 Å². The molecule has 0 aromatic carbocycles. The number of Topliss-reactive ketones (excluding diaryl/α,β-unsaturated/α-hetero) is 1. The van der Waals surface area contributed by atoms with Gasteiger partial charge in [0.05, 0.1) is 5.56 Å². The molecule has 1 aliphatic heterocycles. The zero-order valence-electron chi connectivity index (χ0n) is 9.62. The van der Waals surface area contributed by atoms with Crippen molar-refractivity contribution < 1.29 is 9.59 Å². The highest BCUT2D eigenvalue weighted by Gasteiger charge is 2.36. The summed E-state index contributed by atoms with van der Waals surface area (Å²) in [5.74, 6) is 0.243. The Hall–Kier alpha value is -1.58. The van der Waals surface area contributed by atoms with E-state index in [1.165, 1.54) is 0 Å². The van der Waals surface area contributed by atoms with Gasteiger partial charge in [0, 0.05) is 37.3 Å². The fraction of sp³-hybridized carbons (Fsp3) is 0.500. The summed E-state index contributed by atoms with van der Waals surface area (Å²) in [6.07, 6.45) is 3.88. The first kappa shape index (κ1) is 10.9. The van der Waals surface area contributed by atoms with Crippen LogP contribution in [-0.2, 0) is 4.79 Å². The average molecular weight is 220 g/mol. The van der Waals surface area contributed by atoms with Gasteiger partial charge in [-0.25, -0.2) is 0 Å². The molecule has 16 heavy (non-hydrogen) atoms. The van der Waals surface area contributed by atoms with Gasteiger partial charge in [0.2, 0.25) is 0 Å². The lowest BCUT2D eigenvalue weighted by atomic mass is 9.82. The number of rotatable bonds is 1. The molecule has 86 valence electrons. The lowest BCUT2D eigenvalue weighted by Crippen LogP contribution is -2.48. The summed E-state index contributed by atoms with van der Waals surface area (Å²) in [6.45, 7) is 4.83. The molecule has 2 heterocycles. The van der Waals surface area contributed by atoms with Crippen molar-refractivity contribution in [2.75, 3.05) is 13.1 Å². The molecule has 0 saturated carbocycles. The van der Waals surface area contributed by atoms with Crippen LogP contribution in [0.2, 0.25) is 0 Å². The first-order valence-electron chi connectivity index (χ1n) is 5.46.